The predicted molar refractivity (Wildman–Crippen MR) is 81.3 cm³/mol. The van der Waals surface area contributed by atoms with Crippen molar-refractivity contribution in [2.75, 3.05) is 13.6 Å². The molecule has 1 fully saturated rings. The monoisotopic (exact) mass is 311 g/mol. The van der Waals surface area contributed by atoms with E-state index in [4.69, 9.17) is 0 Å². The Morgan fingerprint density at radius 2 is 2.00 bits per heavy atom. The quantitative estimate of drug-likeness (QED) is 0.869. The van der Waals surface area contributed by atoms with Gasteiger partial charge in [0.05, 0.1) is 6.04 Å². The molecular weight excluding hydrogens is 288 g/mol. The molecule has 22 heavy (non-hydrogen) atoms. The van der Waals surface area contributed by atoms with Crippen LogP contribution in [0.5, 0.6) is 0 Å². The molecule has 4 nitrogen and oxygen atoms in total. The van der Waals surface area contributed by atoms with E-state index in [1.165, 1.54) is 18.2 Å². The van der Waals surface area contributed by atoms with E-state index in [0.29, 0.717) is 13.0 Å². The second-order valence-corrected chi connectivity index (χ2v) is 5.93. The number of amides is 1. The van der Waals surface area contributed by atoms with Crippen molar-refractivity contribution in [1.82, 2.24) is 15.5 Å². The largest absolute Gasteiger partial charge is 0.358 e. The molecule has 2 rings (SSSR count). The van der Waals surface area contributed by atoms with Crippen LogP contribution in [0.2, 0.25) is 0 Å². The number of hydrogen-bond acceptors (Lipinski definition) is 3. The zero-order valence-electron chi connectivity index (χ0n) is 13.2. The molecule has 1 saturated heterocycles. The summed E-state index contributed by atoms with van der Waals surface area (Å²) in [6.45, 7) is 4.88. The minimum Gasteiger partial charge on any atom is -0.358 e. The van der Waals surface area contributed by atoms with Gasteiger partial charge >= 0.3 is 0 Å². The Balaban J connectivity index is 2.01. The summed E-state index contributed by atoms with van der Waals surface area (Å²) < 4.78 is 27.3. The zero-order valence-corrected chi connectivity index (χ0v) is 13.2. The lowest BCUT2D eigenvalue weighted by molar-refractivity contribution is -0.125. The highest BCUT2D eigenvalue weighted by molar-refractivity contribution is 5.81. The standard InChI is InChI=1S/C16H23F2N3O/c1-10(2)21-9-11(7-15(21)16(22)19-3)20-8-12-13(17)5-4-6-14(12)18/h4-6,10-11,15,20H,7-9H2,1-3H3,(H,19,22)/t11-,15-/m0/s1. The predicted octanol–water partition coefficient (Wildman–Crippen LogP) is 1.65. The minimum atomic E-state index is -0.547. The minimum absolute atomic E-state index is 0.0185. The van der Waals surface area contributed by atoms with Gasteiger partial charge in [-0.25, -0.2) is 8.78 Å². The second kappa shape index (κ2) is 7.15. The van der Waals surface area contributed by atoms with Crippen LogP contribution < -0.4 is 10.6 Å². The first kappa shape index (κ1) is 16.8. The summed E-state index contributed by atoms with van der Waals surface area (Å²) in [5.74, 6) is -1.11. The lowest BCUT2D eigenvalue weighted by atomic mass is 10.1. The van der Waals surface area contributed by atoms with Crippen molar-refractivity contribution in [3.8, 4) is 0 Å². The summed E-state index contributed by atoms with van der Waals surface area (Å²) in [6, 6.07) is 3.92. The number of carbonyl (C=O) groups is 1. The highest BCUT2D eigenvalue weighted by atomic mass is 19.1. The molecule has 1 aromatic carbocycles. The molecule has 1 aromatic rings. The van der Waals surface area contributed by atoms with Gasteiger partial charge in [0.25, 0.3) is 0 Å². The maximum absolute atomic E-state index is 13.6. The van der Waals surface area contributed by atoms with E-state index < -0.39 is 11.6 Å². The number of likely N-dealkylation sites (N-methyl/N-ethyl adjacent to an activating group) is 1. The Labute approximate surface area is 129 Å². The molecule has 0 radical (unpaired) electrons. The number of carbonyl (C=O) groups excluding carboxylic acids is 1. The first-order valence-electron chi connectivity index (χ1n) is 7.57. The van der Waals surface area contributed by atoms with Crippen LogP contribution in [-0.4, -0.2) is 42.5 Å². The van der Waals surface area contributed by atoms with Gasteiger partial charge in [-0.15, -0.1) is 0 Å². The second-order valence-electron chi connectivity index (χ2n) is 5.93. The zero-order chi connectivity index (χ0) is 16.3. The molecule has 122 valence electrons. The first-order valence-corrected chi connectivity index (χ1v) is 7.57. The highest BCUT2D eigenvalue weighted by Gasteiger charge is 2.37. The molecule has 1 aliphatic rings. The molecule has 0 saturated carbocycles. The number of likely N-dealkylation sites (tertiary alicyclic amines) is 1. The Morgan fingerprint density at radius 1 is 1.36 bits per heavy atom. The first-order chi connectivity index (χ1) is 10.4. The van der Waals surface area contributed by atoms with Crippen LogP contribution in [0.15, 0.2) is 18.2 Å². The number of hydrogen-bond donors (Lipinski definition) is 2. The third-order valence-corrected chi connectivity index (χ3v) is 4.18. The summed E-state index contributed by atoms with van der Waals surface area (Å²) in [4.78, 5) is 14.1. The topological polar surface area (TPSA) is 44.4 Å². The highest BCUT2D eigenvalue weighted by Crippen LogP contribution is 2.21. The molecule has 2 N–H and O–H groups in total. The average Bonchev–Trinajstić information content (AvgIpc) is 2.90. The Morgan fingerprint density at radius 3 is 2.55 bits per heavy atom. The van der Waals surface area contributed by atoms with Crippen molar-refractivity contribution in [3.05, 3.63) is 35.4 Å². The molecule has 2 atom stereocenters. The molecule has 0 aliphatic carbocycles. The number of nitrogens with one attached hydrogen (secondary N) is 2. The molecule has 0 bridgehead atoms. The van der Waals surface area contributed by atoms with Gasteiger partial charge in [0.1, 0.15) is 11.6 Å². The average molecular weight is 311 g/mol. The molecular formula is C16H23F2N3O. The number of benzene rings is 1. The van der Waals surface area contributed by atoms with Gasteiger partial charge in [-0.1, -0.05) is 6.07 Å². The normalized spacial score (nSPS) is 22.3. The lowest BCUT2D eigenvalue weighted by Gasteiger charge is -2.26. The van der Waals surface area contributed by atoms with Gasteiger partial charge in [0, 0.05) is 37.8 Å². The maximum Gasteiger partial charge on any atom is 0.237 e. The number of nitrogens with zero attached hydrogens (tertiary/aromatic N) is 1. The Hall–Kier alpha value is -1.53. The van der Waals surface area contributed by atoms with Crippen LogP contribution in [0.3, 0.4) is 0 Å². The summed E-state index contributed by atoms with van der Waals surface area (Å²) in [5, 5.41) is 5.85. The summed E-state index contributed by atoms with van der Waals surface area (Å²) in [7, 11) is 1.62. The van der Waals surface area contributed by atoms with Crippen LogP contribution in [0.25, 0.3) is 0 Å². The van der Waals surface area contributed by atoms with Gasteiger partial charge in [-0.05, 0) is 32.4 Å². The van der Waals surface area contributed by atoms with Crippen LogP contribution in [0.4, 0.5) is 8.78 Å². The van der Waals surface area contributed by atoms with Crippen molar-refractivity contribution in [2.24, 2.45) is 0 Å². The van der Waals surface area contributed by atoms with Gasteiger partial charge in [0.2, 0.25) is 5.91 Å². The van der Waals surface area contributed by atoms with E-state index in [0.717, 1.165) is 0 Å². The van der Waals surface area contributed by atoms with E-state index in [1.807, 2.05) is 13.8 Å². The third-order valence-electron chi connectivity index (χ3n) is 4.18. The Bertz CT molecular complexity index is 516. The summed E-state index contributed by atoms with van der Waals surface area (Å²) in [5.41, 5.74) is 0.0435. The molecule has 6 heteroatoms. The SMILES string of the molecule is CNC(=O)[C@@H]1C[C@H](NCc2c(F)cccc2F)CN1C(C)C. The fraction of sp³-hybridized carbons (Fsp3) is 0.562. The van der Waals surface area contributed by atoms with Crippen LogP contribution in [0.1, 0.15) is 25.8 Å². The molecule has 1 aliphatic heterocycles. The third kappa shape index (κ3) is 3.62. The smallest absolute Gasteiger partial charge is 0.237 e. The van der Waals surface area contributed by atoms with Crippen molar-refractivity contribution in [3.63, 3.8) is 0 Å². The van der Waals surface area contributed by atoms with Gasteiger partial charge in [-0.2, -0.15) is 0 Å². The summed E-state index contributed by atoms with van der Waals surface area (Å²) >= 11 is 0. The van der Waals surface area contributed by atoms with E-state index in [2.05, 4.69) is 15.5 Å². The molecule has 0 unspecified atom stereocenters. The maximum atomic E-state index is 13.6. The van der Waals surface area contributed by atoms with Crippen molar-refractivity contribution < 1.29 is 13.6 Å². The van der Waals surface area contributed by atoms with E-state index in [1.54, 1.807) is 7.05 Å². The van der Waals surface area contributed by atoms with Crippen molar-refractivity contribution in [1.29, 1.82) is 0 Å². The molecule has 0 spiro atoms. The lowest BCUT2D eigenvalue weighted by Crippen LogP contribution is -2.45. The van der Waals surface area contributed by atoms with Gasteiger partial charge in [-0.3, -0.25) is 9.69 Å². The van der Waals surface area contributed by atoms with Crippen LogP contribution in [0, 0.1) is 11.6 Å². The van der Waals surface area contributed by atoms with Gasteiger partial charge in [0.15, 0.2) is 0 Å². The van der Waals surface area contributed by atoms with E-state index >= 15 is 0 Å². The van der Waals surface area contributed by atoms with Crippen LogP contribution >= 0.6 is 0 Å². The van der Waals surface area contributed by atoms with E-state index in [9.17, 15) is 13.6 Å². The molecule has 1 heterocycles. The van der Waals surface area contributed by atoms with Crippen molar-refractivity contribution in [2.45, 2.75) is 44.9 Å². The fourth-order valence-corrected chi connectivity index (χ4v) is 2.95. The van der Waals surface area contributed by atoms with Crippen LogP contribution in [-0.2, 0) is 11.3 Å². The van der Waals surface area contributed by atoms with Crippen molar-refractivity contribution >= 4 is 5.91 Å². The Kier molecular flexibility index (Phi) is 5.47. The number of halogens is 2. The van der Waals surface area contributed by atoms with E-state index in [-0.39, 0.29) is 36.1 Å². The van der Waals surface area contributed by atoms with Gasteiger partial charge < -0.3 is 10.6 Å². The number of rotatable bonds is 5. The molecule has 0 aromatic heterocycles. The molecule has 1 amide bonds. The fourth-order valence-electron chi connectivity index (χ4n) is 2.95. The summed E-state index contributed by atoms with van der Waals surface area (Å²) in [6.07, 6.45) is 0.633.